The van der Waals surface area contributed by atoms with Crippen LogP contribution in [-0.4, -0.2) is 9.55 Å². The molecule has 0 spiro atoms. The number of nitrogens with zero attached hydrogens (tertiary/aromatic N) is 2. The lowest BCUT2D eigenvalue weighted by Gasteiger charge is -2.01. The van der Waals surface area contributed by atoms with E-state index in [0.717, 1.165) is 11.4 Å². The van der Waals surface area contributed by atoms with Gasteiger partial charge in [0, 0.05) is 17.6 Å². The van der Waals surface area contributed by atoms with E-state index >= 15 is 0 Å². The number of imidazole rings is 1. The van der Waals surface area contributed by atoms with Crippen LogP contribution in [0.3, 0.4) is 0 Å². The number of nitriles is 1. The third kappa shape index (κ3) is 1.83. The number of aryl methyl sites for hydroxylation is 1. The summed E-state index contributed by atoms with van der Waals surface area (Å²) in [6, 6.07) is 9.45. The van der Waals surface area contributed by atoms with Crippen molar-refractivity contribution in [1.29, 1.82) is 5.26 Å². The number of H-pyrrole nitrogens is 1. The maximum Gasteiger partial charge on any atom is 0.181 e. The van der Waals surface area contributed by atoms with Gasteiger partial charge in [-0.1, -0.05) is 6.07 Å². The zero-order valence-corrected chi connectivity index (χ0v) is 9.01. The summed E-state index contributed by atoms with van der Waals surface area (Å²) in [4.78, 5) is 3.04. The Balaban J connectivity index is 2.60. The van der Waals surface area contributed by atoms with E-state index < -0.39 is 0 Å². The standard InChI is InChI=1S/C11H9N3S/c1-8-7-14(11(15)13-8)10-4-2-3-9(5-10)6-12/h2-5,7H,1H3,(H,13,15). The molecule has 0 aliphatic rings. The van der Waals surface area contributed by atoms with Crippen LogP contribution in [0.2, 0.25) is 0 Å². The highest BCUT2D eigenvalue weighted by Gasteiger charge is 2.00. The molecule has 74 valence electrons. The molecule has 2 aromatic rings. The summed E-state index contributed by atoms with van der Waals surface area (Å²) in [6.07, 6.45) is 1.92. The van der Waals surface area contributed by atoms with Gasteiger partial charge in [0.25, 0.3) is 0 Å². The lowest BCUT2D eigenvalue weighted by Crippen LogP contribution is -1.92. The first-order valence-corrected chi connectivity index (χ1v) is 4.90. The highest BCUT2D eigenvalue weighted by atomic mass is 32.1. The van der Waals surface area contributed by atoms with E-state index in [4.69, 9.17) is 17.5 Å². The summed E-state index contributed by atoms with van der Waals surface area (Å²) in [6.45, 7) is 1.94. The number of aromatic amines is 1. The largest absolute Gasteiger partial charge is 0.335 e. The van der Waals surface area contributed by atoms with Crippen LogP contribution >= 0.6 is 12.2 Å². The molecule has 1 aromatic carbocycles. The van der Waals surface area contributed by atoms with Crippen LogP contribution < -0.4 is 0 Å². The summed E-state index contributed by atoms with van der Waals surface area (Å²) < 4.78 is 2.49. The highest BCUT2D eigenvalue weighted by molar-refractivity contribution is 7.71. The summed E-state index contributed by atoms with van der Waals surface area (Å²) in [5.74, 6) is 0. The molecule has 0 unspecified atom stereocenters. The highest BCUT2D eigenvalue weighted by Crippen LogP contribution is 2.11. The van der Waals surface area contributed by atoms with Crippen LogP contribution in [0.15, 0.2) is 30.5 Å². The molecular formula is C11H9N3S. The molecule has 0 radical (unpaired) electrons. The van der Waals surface area contributed by atoms with Crippen molar-refractivity contribution in [2.45, 2.75) is 6.92 Å². The van der Waals surface area contributed by atoms with E-state index in [2.05, 4.69) is 11.1 Å². The first-order valence-electron chi connectivity index (χ1n) is 4.49. The van der Waals surface area contributed by atoms with E-state index in [9.17, 15) is 0 Å². The number of hydrogen-bond acceptors (Lipinski definition) is 2. The van der Waals surface area contributed by atoms with Crippen molar-refractivity contribution in [1.82, 2.24) is 9.55 Å². The fraction of sp³-hybridized carbons (Fsp3) is 0.0909. The van der Waals surface area contributed by atoms with Crippen molar-refractivity contribution >= 4 is 12.2 Å². The Morgan fingerprint density at radius 1 is 1.47 bits per heavy atom. The van der Waals surface area contributed by atoms with Gasteiger partial charge in [-0.05, 0) is 37.3 Å². The number of rotatable bonds is 1. The average Bonchev–Trinajstić information content (AvgIpc) is 2.58. The molecule has 0 saturated heterocycles. The van der Waals surface area contributed by atoms with Crippen LogP contribution in [0.25, 0.3) is 5.69 Å². The summed E-state index contributed by atoms with van der Waals surface area (Å²) in [7, 11) is 0. The first kappa shape index (κ1) is 9.69. The van der Waals surface area contributed by atoms with Crippen LogP contribution in [-0.2, 0) is 0 Å². The second-order valence-electron chi connectivity index (χ2n) is 3.27. The molecule has 0 atom stereocenters. The quantitative estimate of drug-likeness (QED) is 0.743. The van der Waals surface area contributed by atoms with Gasteiger partial charge in [-0.25, -0.2) is 0 Å². The minimum Gasteiger partial charge on any atom is -0.335 e. The molecule has 0 amide bonds. The molecule has 0 aliphatic heterocycles. The summed E-state index contributed by atoms with van der Waals surface area (Å²) >= 11 is 5.16. The minimum atomic E-state index is 0.633. The van der Waals surface area contributed by atoms with E-state index in [1.54, 1.807) is 6.07 Å². The van der Waals surface area contributed by atoms with E-state index in [0.29, 0.717) is 10.3 Å². The number of nitrogens with one attached hydrogen (secondary N) is 1. The molecule has 1 heterocycles. The summed E-state index contributed by atoms with van der Waals surface area (Å²) in [5, 5.41) is 8.79. The molecule has 0 fully saturated rings. The smallest absolute Gasteiger partial charge is 0.181 e. The SMILES string of the molecule is Cc1cn(-c2cccc(C#N)c2)c(=S)[nH]1. The third-order valence-electron chi connectivity index (χ3n) is 2.10. The normalized spacial score (nSPS) is 9.87. The Bertz CT molecular complexity index is 586. The Labute approximate surface area is 92.6 Å². The molecule has 0 aliphatic carbocycles. The van der Waals surface area contributed by atoms with Crippen LogP contribution in [0.1, 0.15) is 11.3 Å². The monoisotopic (exact) mass is 215 g/mol. The number of hydrogen-bond donors (Lipinski definition) is 1. The molecule has 4 heteroatoms. The summed E-state index contributed by atoms with van der Waals surface area (Å²) in [5.41, 5.74) is 2.54. The van der Waals surface area contributed by atoms with Crippen molar-refractivity contribution in [2.24, 2.45) is 0 Å². The van der Waals surface area contributed by atoms with Crippen LogP contribution in [0.5, 0.6) is 0 Å². The van der Waals surface area contributed by atoms with Crippen LogP contribution in [0.4, 0.5) is 0 Å². The van der Waals surface area contributed by atoms with E-state index in [1.165, 1.54) is 0 Å². The Morgan fingerprint density at radius 2 is 2.27 bits per heavy atom. The fourth-order valence-electron chi connectivity index (χ4n) is 1.43. The van der Waals surface area contributed by atoms with Crippen molar-refractivity contribution in [2.75, 3.05) is 0 Å². The maximum atomic E-state index is 8.79. The van der Waals surface area contributed by atoms with Gasteiger partial charge in [-0.2, -0.15) is 5.26 Å². The number of aromatic nitrogens is 2. The van der Waals surface area contributed by atoms with Gasteiger partial charge in [0.15, 0.2) is 4.77 Å². The van der Waals surface area contributed by atoms with Gasteiger partial charge in [0.2, 0.25) is 0 Å². The van der Waals surface area contributed by atoms with Crippen LogP contribution in [0, 0.1) is 23.0 Å². The van der Waals surface area contributed by atoms with Gasteiger partial charge < -0.3 is 4.98 Å². The molecule has 1 N–H and O–H groups in total. The lowest BCUT2D eigenvalue weighted by molar-refractivity contribution is 1.03. The van der Waals surface area contributed by atoms with Crippen molar-refractivity contribution < 1.29 is 0 Å². The zero-order chi connectivity index (χ0) is 10.8. The minimum absolute atomic E-state index is 0.633. The van der Waals surface area contributed by atoms with Gasteiger partial charge in [0.1, 0.15) is 0 Å². The predicted molar refractivity (Wildman–Crippen MR) is 60.4 cm³/mol. The van der Waals surface area contributed by atoms with E-state index in [-0.39, 0.29) is 0 Å². The second kappa shape index (κ2) is 3.71. The van der Waals surface area contributed by atoms with Gasteiger partial charge in [-0.15, -0.1) is 0 Å². The molecule has 1 aromatic heterocycles. The van der Waals surface area contributed by atoms with Gasteiger partial charge in [-0.3, -0.25) is 4.57 Å². The Morgan fingerprint density at radius 3 is 2.87 bits per heavy atom. The van der Waals surface area contributed by atoms with Crippen molar-refractivity contribution in [3.63, 3.8) is 0 Å². The van der Waals surface area contributed by atoms with E-state index in [1.807, 2.05) is 35.9 Å². The zero-order valence-electron chi connectivity index (χ0n) is 8.19. The average molecular weight is 215 g/mol. The molecular weight excluding hydrogens is 206 g/mol. The molecule has 2 rings (SSSR count). The maximum absolute atomic E-state index is 8.79. The Hall–Kier alpha value is -1.86. The molecule has 0 saturated carbocycles. The molecule has 3 nitrogen and oxygen atoms in total. The fourth-order valence-corrected chi connectivity index (χ4v) is 1.75. The number of benzene rings is 1. The van der Waals surface area contributed by atoms with Gasteiger partial charge >= 0.3 is 0 Å². The van der Waals surface area contributed by atoms with Gasteiger partial charge in [0.05, 0.1) is 11.6 Å². The Kier molecular flexibility index (Phi) is 2.40. The predicted octanol–water partition coefficient (Wildman–Crippen LogP) is 2.71. The molecule has 15 heavy (non-hydrogen) atoms. The first-order chi connectivity index (χ1) is 7.20. The third-order valence-corrected chi connectivity index (χ3v) is 2.40. The second-order valence-corrected chi connectivity index (χ2v) is 3.66. The lowest BCUT2D eigenvalue weighted by atomic mass is 10.2. The molecule has 0 bridgehead atoms. The van der Waals surface area contributed by atoms with Crippen molar-refractivity contribution in [3.05, 3.63) is 46.5 Å². The van der Waals surface area contributed by atoms with Crippen molar-refractivity contribution in [3.8, 4) is 11.8 Å². The topological polar surface area (TPSA) is 44.5 Å².